The van der Waals surface area contributed by atoms with Crippen molar-refractivity contribution >= 4 is 5.91 Å². The predicted octanol–water partition coefficient (Wildman–Crippen LogP) is 1.39. The highest BCUT2D eigenvalue weighted by Gasteiger charge is 2.44. The number of rotatable bonds is 3. The van der Waals surface area contributed by atoms with Gasteiger partial charge in [0.25, 0.3) is 0 Å². The molecule has 136 valence electrons. The predicted molar refractivity (Wildman–Crippen MR) is 97.6 cm³/mol. The van der Waals surface area contributed by atoms with Crippen molar-refractivity contribution in [1.82, 2.24) is 25.0 Å². The number of hydrogen-bond donors (Lipinski definition) is 1. The molecule has 1 amide bonds. The van der Waals surface area contributed by atoms with Crippen molar-refractivity contribution < 1.29 is 4.79 Å². The number of benzene rings is 1. The van der Waals surface area contributed by atoms with Crippen molar-refractivity contribution in [2.24, 2.45) is 5.92 Å². The van der Waals surface area contributed by atoms with Crippen LogP contribution in [0.25, 0.3) is 0 Å². The number of carbonyl (C=O) groups excluding carboxylic acids is 1. The van der Waals surface area contributed by atoms with Crippen molar-refractivity contribution in [2.75, 3.05) is 13.1 Å². The summed E-state index contributed by atoms with van der Waals surface area (Å²) in [7, 11) is 0. The van der Waals surface area contributed by atoms with Crippen LogP contribution in [0.5, 0.6) is 0 Å². The lowest BCUT2D eigenvalue weighted by Crippen LogP contribution is -2.42. The molecule has 0 unspecified atom stereocenters. The van der Waals surface area contributed by atoms with Gasteiger partial charge >= 0.3 is 0 Å². The Labute approximate surface area is 153 Å². The molecule has 0 spiro atoms. The second-order valence-corrected chi connectivity index (χ2v) is 7.79. The number of nitrogens with zero attached hydrogens (tertiary/aromatic N) is 4. The molecule has 0 saturated carbocycles. The van der Waals surface area contributed by atoms with Crippen molar-refractivity contribution in [3.05, 3.63) is 47.5 Å². The molecule has 2 aromatic rings. The molecule has 3 aliphatic heterocycles. The minimum atomic E-state index is 0.181. The summed E-state index contributed by atoms with van der Waals surface area (Å²) < 4.78 is 2.00. The average Bonchev–Trinajstić information content (AvgIpc) is 3.35. The van der Waals surface area contributed by atoms with Gasteiger partial charge in [0.2, 0.25) is 5.91 Å². The maximum atomic E-state index is 13.0. The SMILES string of the molecule is O=C([C@H]1C[C@H]2CC[C@@H]1N2)N1CCc2nc(Cc3ccccc3)nn2CC1. The Bertz CT molecular complexity index is 776. The highest BCUT2D eigenvalue weighted by Crippen LogP contribution is 2.34. The monoisotopic (exact) mass is 351 g/mol. The van der Waals surface area contributed by atoms with Gasteiger partial charge in [-0.2, -0.15) is 5.10 Å². The van der Waals surface area contributed by atoms with Gasteiger partial charge in [-0.25, -0.2) is 9.67 Å². The van der Waals surface area contributed by atoms with Crippen LogP contribution >= 0.6 is 0 Å². The molecular weight excluding hydrogens is 326 g/mol. The normalized spacial score (nSPS) is 27.4. The van der Waals surface area contributed by atoms with Crippen LogP contribution in [0.1, 0.15) is 36.5 Å². The third-order valence-corrected chi connectivity index (χ3v) is 6.11. The Morgan fingerprint density at radius 3 is 2.81 bits per heavy atom. The van der Waals surface area contributed by atoms with Crippen molar-refractivity contribution in [3.63, 3.8) is 0 Å². The maximum absolute atomic E-state index is 13.0. The van der Waals surface area contributed by atoms with Crippen LogP contribution in [0, 0.1) is 5.92 Å². The quantitative estimate of drug-likeness (QED) is 0.908. The Morgan fingerprint density at radius 1 is 1.15 bits per heavy atom. The fourth-order valence-corrected chi connectivity index (χ4v) is 4.76. The van der Waals surface area contributed by atoms with Crippen LogP contribution in [0.4, 0.5) is 0 Å². The topological polar surface area (TPSA) is 63.1 Å². The van der Waals surface area contributed by atoms with Gasteiger partial charge in [0.05, 0.1) is 12.5 Å². The van der Waals surface area contributed by atoms with Gasteiger partial charge in [0, 0.05) is 38.0 Å². The van der Waals surface area contributed by atoms with Gasteiger partial charge in [0.1, 0.15) is 5.82 Å². The molecule has 0 radical (unpaired) electrons. The fraction of sp³-hybridized carbons (Fsp3) is 0.550. The van der Waals surface area contributed by atoms with Gasteiger partial charge < -0.3 is 10.2 Å². The van der Waals surface area contributed by atoms with Crippen LogP contribution < -0.4 is 5.32 Å². The molecule has 1 aromatic heterocycles. The van der Waals surface area contributed by atoms with Crippen molar-refractivity contribution in [1.29, 1.82) is 0 Å². The maximum Gasteiger partial charge on any atom is 0.227 e. The number of hydrogen-bond acceptors (Lipinski definition) is 4. The van der Waals surface area contributed by atoms with Crippen LogP contribution in [-0.4, -0.2) is 50.7 Å². The highest BCUT2D eigenvalue weighted by molar-refractivity contribution is 5.80. The average molecular weight is 351 g/mol. The summed E-state index contributed by atoms with van der Waals surface area (Å²) in [5.74, 6) is 2.40. The van der Waals surface area contributed by atoms with Gasteiger partial charge in [-0.15, -0.1) is 0 Å². The minimum Gasteiger partial charge on any atom is -0.340 e. The number of fused-ring (bicyclic) bond motifs is 3. The lowest BCUT2D eigenvalue weighted by molar-refractivity contribution is -0.136. The van der Waals surface area contributed by atoms with Gasteiger partial charge in [-0.05, 0) is 24.8 Å². The summed E-state index contributed by atoms with van der Waals surface area (Å²) in [6.07, 6.45) is 4.96. The first kappa shape index (κ1) is 16.0. The number of aromatic nitrogens is 3. The fourth-order valence-electron chi connectivity index (χ4n) is 4.76. The summed E-state index contributed by atoms with van der Waals surface area (Å²) in [5.41, 5.74) is 1.23. The number of amides is 1. The second-order valence-electron chi connectivity index (χ2n) is 7.79. The van der Waals surface area contributed by atoms with E-state index < -0.39 is 0 Å². The van der Waals surface area contributed by atoms with E-state index in [4.69, 9.17) is 10.1 Å². The summed E-state index contributed by atoms with van der Waals surface area (Å²) in [6, 6.07) is 11.3. The molecule has 4 heterocycles. The Balaban J connectivity index is 1.24. The Kier molecular flexibility index (Phi) is 4.00. The third kappa shape index (κ3) is 2.92. The summed E-state index contributed by atoms with van der Waals surface area (Å²) >= 11 is 0. The lowest BCUT2D eigenvalue weighted by Gasteiger charge is -2.27. The van der Waals surface area contributed by atoms with E-state index in [1.165, 1.54) is 12.0 Å². The molecule has 6 heteroatoms. The first-order chi connectivity index (χ1) is 12.8. The Hall–Kier alpha value is -2.21. The standard InChI is InChI=1S/C20H25N5O/c26-20(16-13-15-6-7-17(16)21-15)24-9-8-19-22-18(23-25(19)11-10-24)12-14-4-2-1-3-5-14/h1-5,15-17,21H,6-13H2/t15-,16+,17+/m1/s1. The second kappa shape index (κ2) is 6.50. The molecule has 3 atom stereocenters. The summed E-state index contributed by atoms with van der Waals surface area (Å²) in [6.45, 7) is 2.25. The zero-order valence-electron chi connectivity index (χ0n) is 15.0. The molecule has 5 rings (SSSR count). The van der Waals surface area contributed by atoms with E-state index in [1.807, 2.05) is 27.8 Å². The van der Waals surface area contributed by atoms with E-state index >= 15 is 0 Å². The molecule has 3 aliphatic rings. The van der Waals surface area contributed by atoms with Crippen LogP contribution in [0.2, 0.25) is 0 Å². The van der Waals surface area contributed by atoms with Crippen LogP contribution in [0.15, 0.2) is 30.3 Å². The van der Waals surface area contributed by atoms with Crippen molar-refractivity contribution in [3.8, 4) is 0 Å². The Morgan fingerprint density at radius 2 is 2.04 bits per heavy atom. The largest absolute Gasteiger partial charge is 0.340 e. The molecule has 1 N–H and O–H groups in total. The van der Waals surface area contributed by atoms with Crippen LogP contribution in [-0.2, 0) is 24.2 Å². The molecule has 6 nitrogen and oxygen atoms in total. The molecule has 2 fully saturated rings. The minimum absolute atomic E-state index is 0.181. The van der Waals surface area contributed by atoms with Gasteiger partial charge in [-0.3, -0.25) is 4.79 Å². The van der Waals surface area contributed by atoms with E-state index in [9.17, 15) is 4.79 Å². The van der Waals surface area contributed by atoms with Gasteiger partial charge in [-0.1, -0.05) is 30.3 Å². The van der Waals surface area contributed by atoms with E-state index in [2.05, 4.69) is 17.4 Å². The molecule has 26 heavy (non-hydrogen) atoms. The molecule has 2 bridgehead atoms. The first-order valence-electron chi connectivity index (χ1n) is 9.77. The number of carbonyl (C=O) groups is 1. The third-order valence-electron chi connectivity index (χ3n) is 6.11. The molecule has 0 aliphatic carbocycles. The summed E-state index contributed by atoms with van der Waals surface area (Å²) in [4.78, 5) is 19.7. The van der Waals surface area contributed by atoms with E-state index in [-0.39, 0.29) is 5.92 Å². The van der Waals surface area contributed by atoms with Crippen molar-refractivity contribution in [2.45, 2.75) is 50.7 Å². The molecule has 2 saturated heterocycles. The van der Waals surface area contributed by atoms with E-state index in [1.54, 1.807) is 0 Å². The zero-order valence-corrected chi connectivity index (χ0v) is 15.0. The smallest absolute Gasteiger partial charge is 0.227 e. The van der Waals surface area contributed by atoms with Crippen LogP contribution in [0.3, 0.4) is 0 Å². The molecular formula is C20H25N5O. The number of nitrogens with one attached hydrogen (secondary N) is 1. The van der Waals surface area contributed by atoms with E-state index in [0.717, 1.165) is 57.0 Å². The highest BCUT2D eigenvalue weighted by atomic mass is 16.2. The van der Waals surface area contributed by atoms with Gasteiger partial charge in [0.15, 0.2) is 5.82 Å². The molecule has 1 aromatic carbocycles. The first-order valence-corrected chi connectivity index (χ1v) is 9.77. The zero-order chi connectivity index (χ0) is 17.5. The van der Waals surface area contributed by atoms with E-state index in [0.29, 0.717) is 18.0 Å². The lowest BCUT2D eigenvalue weighted by atomic mass is 9.88. The summed E-state index contributed by atoms with van der Waals surface area (Å²) in [5, 5.41) is 8.27.